The van der Waals surface area contributed by atoms with E-state index in [4.69, 9.17) is 0 Å². The molecular formula is C12H13NS2. The minimum absolute atomic E-state index is 0.862. The topological polar surface area (TPSA) is 12.9 Å². The molecular weight excluding hydrogens is 222 g/mol. The zero-order chi connectivity index (χ0) is 10.7. The highest BCUT2D eigenvalue weighted by Gasteiger charge is 2.05. The highest BCUT2D eigenvalue weighted by molar-refractivity contribution is 7.80. The van der Waals surface area contributed by atoms with Crippen molar-refractivity contribution >= 4 is 24.0 Å². The van der Waals surface area contributed by atoms with Gasteiger partial charge in [-0.3, -0.25) is 0 Å². The lowest BCUT2D eigenvalue weighted by atomic mass is 10.1. The van der Waals surface area contributed by atoms with E-state index in [0.717, 1.165) is 17.9 Å². The van der Waals surface area contributed by atoms with E-state index in [-0.39, 0.29) is 0 Å². The lowest BCUT2D eigenvalue weighted by Gasteiger charge is -2.00. The Hall–Kier alpha value is -0.800. The van der Waals surface area contributed by atoms with Gasteiger partial charge in [0.05, 0.1) is 10.7 Å². The molecule has 0 radical (unpaired) electrons. The van der Waals surface area contributed by atoms with Crippen LogP contribution >= 0.6 is 24.0 Å². The third-order valence-corrected chi connectivity index (χ3v) is 3.43. The number of aryl methyl sites for hydroxylation is 2. The van der Waals surface area contributed by atoms with Crippen LogP contribution in [0.5, 0.6) is 0 Å². The van der Waals surface area contributed by atoms with Gasteiger partial charge in [0, 0.05) is 17.4 Å². The second-order valence-electron chi connectivity index (χ2n) is 3.42. The largest absolute Gasteiger partial charge is 0.241 e. The minimum atomic E-state index is 0.862. The van der Waals surface area contributed by atoms with Gasteiger partial charge in [-0.1, -0.05) is 24.3 Å². The van der Waals surface area contributed by atoms with Crippen LogP contribution in [0.15, 0.2) is 29.6 Å². The Labute approximate surface area is 99.6 Å². The normalized spacial score (nSPS) is 10.5. The lowest BCUT2D eigenvalue weighted by Crippen LogP contribution is -1.86. The summed E-state index contributed by atoms with van der Waals surface area (Å²) in [7, 11) is 0. The molecule has 2 aromatic rings. The molecule has 3 heteroatoms. The van der Waals surface area contributed by atoms with Crippen molar-refractivity contribution in [1.82, 2.24) is 4.98 Å². The summed E-state index contributed by atoms with van der Waals surface area (Å²) in [4.78, 5) is 4.60. The van der Waals surface area contributed by atoms with Gasteiger partial charge in [0.1, 0.15) is 0 Å². The second kappa shape index (κ2) is 4.81. The standard InChI is InChI=1S/C12H13NS2/c1-9-4-2-3-5-10(9)11-8-15-12(13-11)6-7-14/h2-5,8,14H,6-7H2,1H3. The molecule has 0 aliphatic carbocycles. The molecule has 0 unspecified atom stereocenters. The SMILES string of the molecule is Cc1ccccc1-c1csc(CCS)n1. The van der Waals surface area contributed by atoms with Crippen LogP contribution in [0.25, 0.3) is 11.3 Å². The molecule has 2 rings (SSSR count). The monoisotopic (exact) mass is 235 g/mol. The lowest BCUT2D eigenvalue weighted by molar-refractivity contribution is 1.11. The molecule has 0 aliphatic rings. The Bertz CT molecular complexity index is 448. The summed E-state index contributed by atoms with van der Waals surface area (Å²) in [5.41, 5.74) is 3.61. The maximum atomic E-state index is 4.60. The third kappa shape index (κ3) is 2.41. The van der Waals surface area contributed by atoms with Crippen molar-refractivity contribution in [3.8, 4) is 11.3 Å². The highest BCUT2D eigenvalue weighted by Crippen LogP contribution is 2.24. The van der Waals surface area contributed by atoms with Crippen molar-refractivity contribution in [2.75, 3.05) is 5.75 Å². The van der Waals surface area contributed by atoms with Crippen LogP contribution in [0.1, 0.15) is 10.6 Å². The summed E-state index contributed by atoms with van der Waals surface area (Å²) in [6, 6.07) is 8.35. The van der Waals surface area contributed by atoms with Gasteiger partial charge >= 0.3 is 0 Å². The summed E-state index contributed by atoms with van der Waals surface area (Å²) in [5, 5.41) is 3.30. The maximum Gasteiger partial charge on any atom is 0.0940 e. The molecule has 0 amide bonds. The molecule has 0 aliphatic heterocycles. The van der Waals surface area contributed by atoms with Crippen LogP contribution in [0.4, 0.5) is 0 Å². The molecule has 1 aromatic heterocycles. The number of thiol groups is 1. The first-order valence-electron chi connectivity index (χ1n) is 4.92. The number of benzene rings is 1. The first-order chi connectivity index (χ1) is 7.31. The Morgan fingerprint density at radius 2 is 2.13 bits per heavy atom. The van der Waals surface area contributed by atoms with Crippen LogP contribution in [0.2, 0.25) is 0 Å². The first-order valence-corrected chi connectivity index (χ1v) is 6.43. The summed E-state index contributed by atoms with van der Waals surface area (Å²) in [6.45, 7) is 2.12. The Morgan fingerprint density at radius 1 is 1.33 bits per heavy atom. The first kappa shape index (κ1) is 10.7. The number of aromatic nitrogens is 1. The molecule has 0 fully saturated rings. The van der Waals surface area contributed by atoms with E-state index < -0.39 is 0 Å². The molecule has 1 nitrogen and oxygen atoms in total. The fourth-order valence-electron chi connectivity index (χ4n) is 1.51. The van der Waals surface area contributed by atoms with E-state index in [9.17, 15) is 0 Å². The fraction of sp³-hybridized carbons (Fsp3) is 0.250. The van der Waals surface area contributed by atoms with Crippen LogP contribution in [-0.4, -0.2) is 10.7 Å². The molecule has 0 saturated carbocycles. The average molecular weight is 235 g/mol. The van der Waals surface area contributed by atoms with E-state index in [1.807, 2.05) is 0 Å². The van der Waals surface area contributed by atoms with Crippen molar-refractivity contribution in [2.45, 2.75) is 13.3 Å². The van der Waals surface area contributed by atoms with Gasteiger partial charge in [-0.05, 0) is 18.2 Å². The van der Waals surface area contributed by atoms with Gasteiger partial charge in [-0.15, -0.1) is 11.3 Å². The van der Waals surface area contributed by atoms with E-state index >= 15 is 0 Å². The van der Waals surface area contributed by atoms with Crippen LogP contribution in [-0.2, 0) is 6.42 Å². The number of rotatable bonds is 3. The smallest absolute Gasteiger partial charge is 0.0940 e. The molecule has 78 valence electrons. The highest BCUT2D eigenvalue weighted by atomic mass is 32.1. The number of nitrogens with zero attached hydrogens (tertiary/aromatic N) is 1. The molecule has 0 atom stereocenters. The van der Waals surface area contributed by atoms with Gasteiger partial charge in [0.15, 0.2) is 0 Å². The second-order valence-corrected chi connectivity index (χ2v) is 4.80. The summed E-state index contributed by atoms with van der Waals surface area (Å²) >= 11 is 5.93. The van der Waals surface area contributed by atoms with Crippen molar-refractivity contribution < 1.29 is 0 Å². The minimum Gasteiger partial charge on any atom is -0.241 e. The maximum absolute atomic E-state index is 4.60. The molecule has 0 saturated heterocycles. The van der Waals surface area contributed by atoms with Crippen molar-refractivity contribution in [3.05, 3.63) is 40.2 Å². The Morgan fingerprint density at radius 3 is 2.87 bits per heavy atom. The fourth-order valence-corrected chi connectivity index (χ4v) is 2.67. The van der Waals surface area contributed by atoms with Gasteiger partial charge in [0.25, 0.3) is 0 Å². The molecule has 0 N–H and O–H groups in total. The Balaban J connectivity index is 2.33. The molecule has 0 bridgehead atoms. The van der Waals surface area contributed by atoms with Crippen molar-refractivity contribution in [2.24, 2.45) is 0 Å². The number of hydrogen-bond donors (Lipinski definition) is 1. The van der Waals surface area contributed by atoms with Gasteiger partial charge < -0.3 is 0 Å². The van der Waals surface area contributed by atoms with Crippen molar-refractivity contribution in [3.63, 3.8) is 0 Å². The molecule has 1 heterocycles. The summed E-state index contributed by atoms with van der Waals surface area (Å²) < 4.78 is 0. The molecule has 0 spiro atoms. The Kier molecular flexibility index (Phi) is 3.44. The zero-order valence-electron chi connectivity index (χ0n) is 8.60. The zero-order valence-corrected chi connectivity index (χ0v) is 10.3. The predicted molar refractivity (Wildman–Crippen MR) is 69.8 cm³/mol. The average Bonchev–Trinajstić information content (AvgIpc) is 2.68. The predicted octanol–water partition coefficient (Wildman–Crippen LogP) is 3.59. The molecule has 15 heavy (non-hydrogen) atoms. The summed E-state index contributed by atoms with van der Waals surface area (Å²) in [5.74, 6) is 0.862. The van der Waals surface area contributed by atoms with E-state index in [1.54, 1.807) is 11.3 Å². The van der Waals surface area contributed by atoms with E-state index in [2.05, 4.69) is 54.2 Å². The van der Waals surface area contributed by atoms with E-state index in [1.165, 1.54) is 16.1 Å². The number of hydrogen-bond acceptors (Lipinski definition) is 3. The summed E-state index contributed by atoms with van der Waals surface area (Å²) in [6.07, 6.45) is 0.958. The quantitative estimate of drug-likeness (QED) is 0.802. The van der Waals surface area contributed by atoms with E-state index in [0.29, 0.717) is 0 Å². The van der Waals surface area contributed by atoms with Gasteiger partial charge in [-0.25, -0.2) is 4.98 Å². The van der Waals surface area contributed by atoms with Crippen LogP contribution in [0.3, 0.4) is 0 Å². The third-order valence-electron chi connectivity index (χ3n) is 2.30. The van der Waals surface area contributed by atoms with Crippen LogP contribution < -0.4 is 0 Å². The number of thiazole rings is 1. The van der Waals surface area contributed by atoms with Gasteiger partial charge in [-0.2, -0.15) is 12.6 Å². The van der Waals surface area contributed by atoms with Crippen LogP contribution in [0, 0.1) is 6.92 Å². The molecule has 1 aromatic carbocycles. The van der Waals surface area contributed by atoms with Crippen molar-refractivity contribution in [1.29, 1.82) is 0 Å². The van der Waals surface area contributed by atoms with Gasteiger partial charge in [0.2, 0.25) is 0 Å².